The smallest absolute Gasteiger partial charge is 0.394 e. The van der Waals surface area contributed by atoms with Gasteiger partial charge >= 0.3 is 14.6 Å². The molecule has 3 fully saturated rings. The van der Waals surface area contributed by atoms with Gasteiger partial charge in [0.15, 0.2) is 0 Å². The predicted octanol–water partition coefficient (Wildman–Crippen LogP) is 2.31. The number of hydrogen-bond acceptors (Lipinski definition) is 5. The molecule has 2 saturated heterocycles. The first-order chi connectivity index (χ1) is 10.4. The normalized spacial score (nSPS) is 39.9. The number of carbonyl (C=O) groups is 1. The van der Waals surface area contributed by atoms with E-state index in [4.69, 9.17) is 13.9 Å². The van der Waals surface area contributed by atoms with Gasteiger partial charge in [-0.3, -0.25) is 8.90 Å². The Hall–Kier alpha value is -0.503. The van der Waals surface area contributed by atoms with Gasteiger partial charge in [0, 0.05) is 16.0 Å². The fraction of sp³-hybridized carbons (Fsp3) is 0.938. The highest BCUT2D eigenvalue weighted by Gasteiger charge is 2.74. The van der Waals surface area contributed by atoms with Crippen molar-refractivity contribution >= 4 is 14.6 Å². The number of carbonyl (C=O) groups excluding carboxylic acids is 1. The number of esters is 1. The molecule has 0 aromatic heterocycles. The molecule has 0 amide bonds. The Bertz CT molecular complexity index is 498. The Kier molecular flexibility index (Phi) is 3.77. The standard InChI is InChI=1S/C16H27FO5Si/c1-15(2,3)23(17,16(4,5)6)22-11-8(7-18)20-12-9-10(12)14(19)21-13(9)11/h8-13,18H,7H2,1-6H3/t8-,9-,10?,11-,12-,13-/m1/s1. The van der Waals surface area contributed by atoms with Crippen LogP contribution in [0, 0.1) is 11.8 Å². The van der Waals surface area contributed by atoms with Crippen molar-refractivity contribution in [3.05, 3.63) is 0 Å². The van der Waals surface area contributed by atoms with Crippen molar-refractivity contribution in [2.75, 3.05) is 6.61 Å². The molecule has 23 heavy (non-hydrogen) atoms. The Morgan fingerprint density at radius 3 is 2.22 bits per heavy atom. The van der Waals surface area contributed by atoms with E-state index in [9.17, 15) is 9.90 Å². The molecule has 1 unspecified atom stereocenters. The summed E-state index contributed by atoms with van der Waals surface area (Å²) >= 11 is 0. The minimum Gasteiger partial charge on any atom is -0.459 e. The van der Waals surface area contributed by atoms with Crippen molar-refractivity contribution in [2.24, 2.45) is 11.8 Å². The van der Waals surface area contributed by atoms with Gasteiger partial charge in [-0.15, -0.1) is 0 Å². The van der Waals surface area contributed by atoms with E-state index < -0.39 is 37.0 Å². The van der Waals surface area contributed by atoms with E-state index >= 15 is 4.11 Å². The maximum Gasteiger partial charge on any atom is 0.394 e. The van der Waals surface area contributed by atoms with Crippen molar-refractivity contribution in [3.8, 4) is 0 Å². The third-order valence-electron chi connectivity index (χ3n) is 5.34. The number of rotatable bonds is 3. The number of halogens is 1. The number of fused-ring (bicyclic) bond motifs is 1. The van der Waals surface area contributed by atoms with Crippen LogP contribution in [-0.2, 0) is 18.7 Å². The molecule has 1 N–H and O–H groups in total. The summed E-state index contributed by atoms with van der Waals surface area (Å²) in [5.74, 6) is -0.594. The summed E-state index contributed by atoms with van der Waals surface area (Å²) in [6.45, 7) is 10.8. The Labute approximate surface area is 137 Å². The molecule has 5 nitrogen and oxygen atoms in total. The van der Waals surface area contributed by atoms with Gasteiger partial charge in [-0.05, 0) is 0 Å². The van der Waals surface area contributed by atoms with Gasteiger partial charge in [-0.1, -0.05) is 41.5 Å². The van der Waals surface area contributed by atoms with Crippen LogP contribution in [0.15, 0.2) is 0 Å². The third-order valence-corrected chi connectivity index (χ3v) is 9.80. The van der Waals surface area contributed by atoms with E-state index in [1.165, 1.54) is 0 Å². The Balaban J connectivity index is 1.90. The van der Waals surface area contributed by atoms with Gasteiger partial charge in [0.1, 0.15) is 18.3 Å². The average Bonchev–Trinajstić information content (AvgIpc) is 3.01. The first-order valence-corrected chi connectivity index (χ1v) is 10.0. The molecule has 0 aromatic carbocycles. The molecule has 0 spiro atoms. The Morgan fingerprint density at radius 2 is 1.74 bits per heavy atom. The zero-order valence-corrected chi connectivity index (χ0v) is 15.6. The summed E-state index contributed by atoms with van der Waals surface area (Å²) in [6, 6.07) is 0. The second-order valence-corrected chi connectivity index (χ2v) is 13.4. The van der Waals surface area contributed by atoms with E-state index in [1.54, 1.807) is 0 Å². The van der Waals surface area contributed by atoms with E-state index in [-0.39, 0.29) is 30.5 Å². The van der Waals surface area contributed by atoms with Crippen LogP contribution >= 0.6 is 0 Å². The maximum absolute atomic E-state index is 16.1. The second kappa shape index (κ2) is 5.00. The molecule has 0 radical (unpaired) electrons. The highest BCUT2D eigenvalue weighted by atomic mass is 28.4. The summed E-state index contributed by atoms with van der Waals surface area (Å²) in [5.41, 5.74) is 0. The topological polar surface area (TPSA) is 65.0 Å². The monoisotopic (exact) mass is 346 g/mol. The van der Waals surface area contributed by atoms with Crippen LogP contribution in [0.1, 0.15) is 41.5 Å². The lowest BCUT2D eigenvalue weighted by Crippen LogP contribution is -2.60. The van der Waals surface area contributed by atoms with Gasteiger partial charge in [0.2, 0.25) is 0 Å². The summed E-state index contributed by atoms with van der Waals surface area (Å²) < 4.78 is 33.4. The third kappa shape index (κ3) is 2.39. The van der Waals surface area contributed by atoms with E-state index in [0.29, 0.717) is 0 Å². The van der Waals surface area contributed by atoms with Gasteiger partial charge in [0.05, 0.1) is 18.6 Å². The minimum atomic E-state index is -3.75. The first-order valence-electron chi connectivity index (χ1n) is 8.26. The fourth-order valence-corrected chi connectivity index (χ4v) is 7.81. The van der Waals surface area contributed by atoms with Gasteiger partial charge in [-0.2, -0.15) is 0 Å². The zero-order chi connectivity index (χ0) is 17.4. The lowest BCUT2D eigenvalue weighted by molar-refractivity contribution is -0.185. The van der Waals surface area contributed by atoms with E-state index in [0.717, 1.165) is 0 Å². The number of hydrogen-bond donors (Lipinski definition) is 1. The SMILES string of the molecule is CC(C)(C)[Si](F)(O[C@H]1[C@@H]2OC(=O)C3[C@@H]2[C@H]3O[C@@H]1CO)C(C)(C)C. The van der Waals surface area contributed by atoms with Crippen LogP contribution in [0.3, 0.4) is 0 Å². The molecule has 7 heteroatoms. The summed E-state index contributed by atoms with van der Waals surface area (Å²) in [4.78, 5) is 11.8. The molecule has 132 valence electrons. The van der Waals surface area contributed by atoms with Gasteiger partial charge in [0.25, 0.3) is 0 Å². The molecule has 0 bridgehead atoms. The Morgan fingerprint density at radius 1 is 1.17 bits per heavy atom. The molecule has 1 saturated carbocycles. The van der Waals surface area contributed by atoms with Crippen molar-refractivity contribution in [1.29, 1.82) is 0 Å². The molecular formula is C16H27FO5Si. The maximum atomic E-state index is 16.1. The fourth-order valence-electron chi connectivity index (χ4n) is 4.19. The number of aliphatic hydroxyl groups excluding tert-OH is 1. The lowest BCUT2D eigenvalue weighted by atomic mass is 10.0. The van der Waals surface area contributed by atoms with Crippen LogP contribution in [0.5, 0.6) is 0 Å². The van der Waals surface area contributed by atoms with Gasteiger partial charge in [-0.25, -0.2) is 0 Å². The predicted molar refractivity (Wildman–Crippen MR) is 83.8 cm³/mol. The van der Waals surface area contributed by atoms with E-state index in [2.05, 4.69) is 0 Å². The average molecular weight is 346 g/mol. The first kappa shape index (κ1) is 17.3. The molecule has 1 aliphatic carbocycles. The molecule has 6 atom stereocenters. The molecule has 3 aliphatic rings. The summed E-state index contributed by atoms with van der Waals surface area (Å²) in [5, 5.41) is 8.32. The van der Waals surface area contributed by atoms with E-state index in [1.807, 2.05) is 41.5 Å². The second-order valence-electron chi connectivity index (χ2n) is 9.00. The largest absolute Gasteiger partial charge is 0.459 e. The quantitative estimate of drug-likeness (QED) is 0.483. The molecule has 2 heterocycles. The molecule has 2 aliphatic heterocycles. The van der Waals surface area contributed by atoms with Crippen LogP contribution < -0.4 is 0 Å². The minimum absolute atomic E-state index is 0.0477. The van der Waals surface area contributed by atoms with Crippen molar-refractivity contribution in [1.82, 2.24) is 0 Å². The summed E-state index contributed by atoms with van der Waals surface area (Å²) in [6.07, 6.45) is -2.09. The lowest BCUT2D eigenvalue weighted by Gasteiger charge is -2.48. The van der Waals surface area contributed by atoms with Crippen LogP contribution in [0.25, 0.3) is 0 Å². The zero-order valence-electron chi connectivity index (χ0n) is 14.6. The highest BCUT2D eigenvalue weighted by molar-refractivity contribution is 6.72. The summed E-state index contributed by atoms with van der Waals surface area (Å²) in [7, 11) is -3.75. The highest BCUT2D eigenvalue weighted by Crippen LogP contribution is 2.59. The van der Waals surface area contributed by atoms with Crippen molar-refractivity contribution in [2.45, 2.75) is 76.0 Å². The molecule has 3 rings (SSSR count). The van der Waals surface area contributed by atoms with Crippen LogP contribution in [0.4, 0.5) is 4.11 Å². The van der Waals surface area contributed by atoms with Crippen molar-refractivity contribution < 1.29 is 27.9 Å². The van der Waals surface area contributed by atoms with Gasteiger partial charge < -0.3 is 19.0 Å². The number of ether oxygens (including phenoxy) is 2. The van der Waals surface area contributed by atoms with Crippen LogP contribution in [0.2, 0.25) is 10.1 Å². The molecular weight excluding hydrogens is 319 g/mol. The molecule has 0 aromatic rings. The number of aliphatic hydroxyl groups is 1. The van der Waals surface area contributed by atoms with Crippen molar-refractivity contribution in [3.63, 3.8) is 0 Å². The van der Waals surface area contributed by atoms with Crippen LogP contribution in [-0.4, -0.2) is 50.7 Å².